The Hall–Kier alpha value is 0.390. The van der Waals surface area contributed by atoms with Gasteiger partial charge >= 0.3 is 36.0 Å². The molecule has 0 saturated carbocycles. The molecule has 32 valence electrons. The molecular weight excluding hydrogens is 99.0 g/mol. The van der Waals surface area contributed by atoms with Crippen molar-refractivity contribution < 1.29 is 50.0 Å². The fourth-order valence-corrected chi connectivity index (χ4v) is 0. The summed E-state index contributed by atoms with van der Waals surface area (Å²) in [6, 6.07) is 0. The van der Waals surface area contributed by atoms with Crippen LogP contribution in [-0.2, 0) is 9.68 Å². The van der Waals surface area contributed by atoms with Crippen molar-refractivity contribution in [1.82, 2.24) is 0 Å². The van der Waals surface area contributed by atoms with Gasteiger partial charge in [-0.05, 0) is 0 Å². The molecule has 0 aromatic rings. The third kappa shape index (κ3) is 26.1. The van der Waals surface area contributed by atoms with Crippen molar-refractivity contribution in [2.75, 3.05) is 0 Å². The zero-order valence-corrected chi connectivity index (χ0v) is 5.29. The standard InChI is InChI=1S/CH2O3.Na.H2O/c2-1-4-3;;/h1,3H;;1H2/q;+1;/p-1. The van der Waals surface area contributed by atoms with Gasteiger partial charge in [0.05, 0.1) is 0 Å². The van der Waals surface area contributed by atoms with Crippen LogP contribution < -0.4 is 29.6 Å². The van der Waals surface area contributed by atoms with Crippen molar-refractivity contribution in [3.8, 4) is 0 Å². The first-order valence-electron chi connectivity index (χ1n) is 0.654. The van der Waals surface area contributed by atoms with Gasteiger partial charge in [0.15, 0.2) is 0 Å². The van der Waals surface area contributed by atoms with E-state index in [0.29, 0.717) is 0 Å². The van der Waals surface area contributed by atoms with Crippen molar-refractivity contribution in [3.63, 3.8) is 0 Å². The quantitative estimate of drug-likeness (QED) is 0.161. The molecule has 0 bridgehead atoms. The summed E-state index contributed by atoms with van der Waals surface area (Å²) >= 11 is 0. The van der Waals surface area contributed by atoms with Crippen LogP contribution in [0.2, 0.25) is 0 Å². The van der Waals surface area contributed by atoms with Gasteiger partial charge in [-0.3, -0.25) is 4.79 Å². The Morgan fingerprint density at radius 3 is 1.83 bits per heavy atom. The summed E-state index contributed by atoms with van der Waals surface area (Å²) in [5.74, 6) is 0. The second-order valence-corrected chi connectivity index (χ2v) is 0.202. The van der Waals surface area contributed by atoms with Crippen LogP contribution in [0.15, 0.2) is 0 Å². The molecule has 2 N–H and O–H groups in total. The van der Waals surface area contributed by atoms with E-state index in [4.69, 9.17) is 10.1 Å². The van der Waals surface area contributed by atoms with Gasteiger partial charge in [0.25, 0.3) is 0 Å². The summed E-state index contributed by atoms with van der Waals surface area (Å²) in [5, 5.41) is 7.01. The van der Waals surface area contributed by atoms with Crippen molar-refractivity contribution in [3.05, 3.63) is 0 Å². The Kier molecular flexibility index (Phi) is 49.0. The Morgan fingerprint density at radius 2 is 1.83 bits per heavy atom. The monoisotopic (exact) mass is 102 g/mol. The summed E-state index contributed by atoms with van der Waals surface area (Å²) < 4.78 is 0. The second kappa shape index (κ2) is 18.2. The van der Waals surface area contributed by atoms with Gasteiger partial charge in [0.2, 0.25) is 0 Å². The summed E-state index contributed by atoms with van der Waals surface area (Å²) in [7, 11) is 0. The molecule has 0 unspecified atom stereocenters. The van der Waals surface area contributed by atoms with E-state index in [0.717, 1.165) is 0 Å². The van der Waals surface area contributed by atoms with Crippen LogP contribution in [0.1, 0.15) is 0 Å². The SMILES string of the molecule is O=COO.[Na+].[OH-]. The number of carbonyl (C=O) groups is 1. The molecule has 0 radical (unpaired) electrons. The maximum Gasteiger partial charge on any atom is 1.00 e. The molecule has 0 heterocycles. The first-order valence-corrected chi connectivity index (χ1v) is 0.654. The van der Waals surface area contributed by atoms with E-state index in [1.54, 1.807) is 0 Å². The number of hydrogen-bond donors (Lipinski definition) is 1. The van der Waals surface area contributed by atoms with Crippen molar-refractivity contribution in [2.45, 2.75) is 0 Å². The summed E-state index contributed by atoms with van der Waals surface area (Å²) in [6.07, 6.45) is 0. The fraction of sp³-hybridized carbons (Fsp3) is 0. The Balaban J connectivity index is -0.0000000450. The van der Waals surface area contributed by atoms with Crippen molar-refractivity contribution in [1.29, 1.82) is 0 Å². The number of rotatable bonds is 1. The minimum Gasteiger partial charge on any atom is -0.870 e. The molecule has 0 atom stereocenters. The molecule has 0 fully saturated rings. The minimum atomic E-state index is -0.0694. The van der Waals surface area contributed by atoms with Gasteiger partial charge in [-0.15, -0.1) is 0 Å². The largest absolute Gasteiger partial charge is 1.00 e. The zero-order chi connectivity index (χ0) is 3.41. The normalized spacial score (nSPS) is 3.50. The Bertz CT molecular complexity index is 21.5. The predicted molar refractivity (Wildman–Crippen MR) is 11.7 cm³/mol. The summed E-state index contributed by atoms with van der Waals surface area (Å²) in [5.41, 5.74) is 0. The van der Waals surface area contributed by atoms with E-state index in [1.165, 1.54) is 0 Å². The number of hydrogen-bond acceptors (Lipinski definition) is 4. The maximum absolute atomic E-state index is 8.70. The van der Waals surface area contributed by atoms with Gasteiger partial charge in [-0.1, -0.05) is 0 Å². The first kappa shape index (κ1) is 16.2. The molecule has 0 aliphatic heterocycles. The average Bonchev–Trinajstić information content (AvgIpc) is 1.37. The topological polar surface area (TPSA) is 76.5 Å². The predicted octanol–water partition coefficient (Wildman–Crippen LogP) is -3.54. The summed E-state index contributed by atoms with van der Waals surface area (Å²) in [4.78, 5) is 11.6. The van der Waals surface area contributed by atoms with Crippen molar-refractivity contribution >= 4 is 6.47 Å². The molecule has 4 nitrogen and oxygen atoms in total. The third-order valence-electron chi connectivity index (χ3n) is 0.0430. The molecule has 5 heteroatoms. The van der Waals surface area contributed by atoms with Crippen LogP contribution >= 0.6 is 0 Å². The van der Waals surface area contributed by atoms with E-state index in [9.17, 15) is 0 Å². The van der Waals surface area contributed by atoms with E-state index < -0.39 is 0 Å². The molecule has 0 saturated heterocycles. The van der Waals surface area contributed by atoms with E-state index in [1.807, 2.05) is 0 Å². The Morgan fingerprint density at radius 1 is 1.67 bits per heavy atom. The van der Waals surface area contributed by atoms with Gasteiger partial charge < -0.3 is 10.4 Å². The number of carbonyl (C=O) groups excluding carboxylic acids is 1. The van der Waals surface area contributed by atoms with Crippen LogP contribution in [0.25, 0.3) is 0 Å². The molecule has 0 rings (SSSR count). The summed E-state index contributed by atoms with van der Waals surface area (Å²) in [6.45, 7) is -0.0694. The van der Waals surface area contributed by atoms with Crippen LogP contribution in [-0.4, -0.2) is 17.2 Å². The molecule has 0 aliphatic carbocycles. The third-order valence-corrected chi connectivity index (χ3v) is 0.0430. The van der Waals surface area contributed by atoms with Crippen LogP contribution in [0.3, 0.4) is 0 Å². The average molecular weight is 102 g/mol. The molecule has 0 amide bonds. The molecule has 0 aromatic carbocycles. The molecule has 6 heavy (non-hydrogen) atoms. The van der Waals surface area contributed by atoms with Gasteiger partial charge in [-0.2, -0.15) is 0 Å². The van der Waals surface area contributed by atoms with Gasteiger partial charge in [-0.25, -0.2) is 5.26 Å². The van der Waals surface area contributed by atoms with Crippen LogP contribution in [0.5, 0.6) is 0 Å². The second-order valence-electron chi connectivity index (χ2n) is 0.202. The molecule has 0 aromatic heterocycles. The van der Waals surface area contributed by atoms with Gasteiger partial charge in [0.1, 0.15) is 0 Å². The zero-order valence-electron chi connectivity index (χ0n) is 3.29. The van der Waals surface area contributed by atoms with E-state index in [2.05, 4.69) is 4.89 Å². The molecule has 0 spiro atoms. The van der Waals surface area contributed by atoms with Crippen LogP contribution in [0, 0.1) is 0 Å². The maximum atomic E-state index is 8.70. The molecule has 0 aliphatic rings. The smallest absolute Gasteiger partial charge is 0.870 e. The van der Waals surface area contributed by atoms with Gasteiger partial charge in [0, 0.05) is 0 Å². The van der Waals surface area contributed by atoms with E-state index in [-0.39, 0.29) is 41.5 Å². The van der Waals surface area contributed by atoms with Crippen molar-refractivity contribution in [2.24, 2.45) is 0 Å². The fourth-order valence-electron chi connectivity index (χ4n) is 0. The molecular formula is CH3NaO4. The first-order chi connectivity index (χ1) is 1.91. The van der Waals surface area contributed by atoms with E-state index >= 15 is 0 Å². The van der Waals surface area contributed by atoms with Crippen LogP contribution in [0.4, 0.5) is 0 Å². The Labute approximate surface area is 56.6 Å². The minimum absolute atomic E-state index is 0.